The minimum absolute atomic E-state index is 0.305. The van der Waals surface area contributed by atoms with Crippen molar-refractivity contribution in [3.63, 3.8) is 0 Å². The standard InChI is InChI=1S/C22H38N4O4/c1-6-23-22(24-14-19(16(2)3)26-9-11-30-12-10-26)25-15-20(27)18-13-17(28-4)7-8-21(18)29-5/h7-8,13,16,19-20,27H,6,9-12,14-15H2,1-5H3,(H2,23,24,25). The van der Waals surface area contributed by atoms with Crippen molar-refractivity contribution in [1.82, 2.24) is 15.5 Å². The Morgan fingerprint density at radius 1 is 1.20 bits per heavy atom. The van der Waals surface area contributed by atoms with Crippen LogP contribution in [0.2, 0.25) is 0 Å². The van der Waals surface area contributed by atoms with Gasteiger partial charge in [-0.1, -0.05) is 13.8 Å². The lowest BCUT2D eigenvalue weighted by Crippen LogP contribution is -2.48. The molecule has 1 aromatic carbocycles. The van der Waals surface area contributed by atoms with Crippen molar-refractivity contribution < 1.29 is 19.3 Å². The predicted molar refractivity (Wildman–Crippen MR) is 120 cm³/mol. The Balaban J connectivity index is 2.03. The summed E-state index contributed by atoms with van der Waals surface area (Å²) >= 11 is 0. The zero-order valence-corrected chi connectivity index (χ0v) is 19.0. The van der Waals surface area contributed by atoms with E-state index in [9.17, 15) is 5.11 Å². The van der Waals surface area contributed by atoms with E-state index in [1.807, 2.05) is 13.0 Å². The number of guanidine groups is 1. The largest absolute Gasteiger partial charge is 0.497 e. The molecule has 1 aromatic rings. The van der Waals surface area contributed by atoms with Gasteiger partial charge in [-0.2, -0.15) is 0 Å². The van der Waals surface area contributed by atoms with E-state index in [-0.39, 0.29) is 0 Å². The summed E-state index contributed by atoms with van der Waals surface area (Å²) < 4.78 is 16.2. The molecule has 2 atom stereocenters. The zero-order valence-electron chi connectivity index (χ0n) is 19.0. The van der Waals surface area contributed by atoms with E-state index in [1.165, 1.54) is 0 Å². The molecule has 0 aromatic heterocycles. The van der Waals surface area contributed by atoms with Crippen LogP contribution in [0.5, 0.6) is 11.5 Å². The first-order chi connectivity index (χ1) is 14.5. The number of aliphatic hydroxyl groups is 1. The summed E-state index contributed by atoms with van der Waals surface area (Å²) in [6, 6.07) is 5.76. The van der Waals surface area contributed by atoms with Crippen molar-refractivity contribution in [2.24, 2.45) is 10.9 Å². The van der Waals surface area contributed by atoms with Crippen molar-refractivity contribution in [3.8, 4) is 11.5 Å². The van der Waals surface area contributed by atoms with E-state index in [0.717, 1.165) is 32.8 Å². The number of nitrogens with one attached hydrogen (secondary N) is 2. The van der Waals surface area contributed by atoms with E-state index in [4.69, 9.17) is 19.2 Å². The quantitative estimate of drug-likeness (QED) is 0.390. The maximum Gasteiger partial charge on any atom is 0.191 e. The first-order valence-corrected chi connectivity index (χ1v) is 10.7. The van der Waals surface area contributed by atoms with Crippen molar-refractivity contribution in [3.05, 3.63) is 23.8 Å². The summed E-state index contributed by atoms with van der Waals surface area (Å²) in [6.07, 6.45) is -0.765. The highest BCUT2D eigenvalue weighted by Gasteiger charge is 2.23. The highest BCUT2D eigenvalue weighted by atomic mass is 16.5. The van der Waals surface area contributed by atoms with Gasteiger partial charge in [0.25, 0.3) is 0 Å². The fourth-order valence-electron chi connectivity index (χ4n) is 3.59. The maximum absolute atomic E-state index is 10.7. The second kappa shape index (κ2) is 12.6. The van der Waals surface area contributed by atoms with Crippen LogP contribution in [0.15, 0.2) is 23.2 Å². The van der Waals surface area contributed by atoms with E-state index in [1.54, 1.807) is 26.4 Å². The van der Waals surface area contributed by atoms with Gasteiger partial charge >= 0.3 is 0 Å². The molecule has 2 rings (SSSR count). The van der Waals surface area contributed by atoms with Gasteiger partial charge in [0.05, 0.1) is 40.1 Å². The number of methoxy groups -OCH3 is 2. The molecule has 0 bridgehead atoms. The number of aliphatic imine (C=N–C) groups is 1. The lowest BCUT2D eigenvalue weighted by Gasteiger charge is -2.36. The number of rotatable bonds is 10. The molecular formula is C22H38N4O4. The van der Waals surface area contributed by atoms with Crippen LogP contribution in [0.3, 0.4) is 0 Å². The second-order valence-electron chi connectivity index (χ2n) is 7.68. The van der Waals surface area contributed by atoms with Crippen molar-refractivity contribution in [2.75, 3.05) is 60.2 Å². The molecule has 170 valence electrons. The van der Waals surface area contributed by atoms with Crippen molar-refractivity contribution in [1.29, 1.82) is 0 Å². The van der Waals surface area contributed by atoms with Gasteiger partial charge < -0.3 is 30.0 Å². The molecule has 0 amide bonds. The van der Waals surface area contributed by atoms with Crippen LogP contribution in [-0.2, 0) is 4.74 Å². The van der Waals surface area contributed by atoms with Gasteiger partial charge in [0.1, 0.15) is 11.5 Å². The molecule has 0 radical (unpaired) electrons. The van der Waals surface area contributed by atoms with E-state index in [2.05, 4.69) is 29.4 Å². The molecule has 1 aliphatic rings. The van der Waals surface area contributed by atoms with Gasteiger partial charge in [-0.25, -0.2) is 0 Å². The Hall–Kier alpha value is -2.03. The molecule has 0 aliphatic carbocycles. The summed E-state index contributed by atoms with van der Waals surface area (Å²) in [5, 5.41) is 17.3. The molecule has 8 heteroatoms. The van der Waals surface area contributed by atoms with E-state index in [0.29, 0.717) is 48.1 Å². The van der Waals surface area contributed by atoms with Crippen LogP contribution in [0.25, 0.3) is 0 Å². The Labute approximate surface area is 180 Å². The average molecular weight is 423 g/mol. The normalized spacial score (nSPS) is 17.5. The van der Waals surface area contributed by atoms with Crippen molar-refractivity contribution >= 4 is 5.96 Å². The summed E-state index contributed by atoms with van der Waals surface area (Å²) in [5.41, 5.74) is 0.675. The molecule has 1 saturated heterocycles. The van der Waals surface area contributed by atoms with Crippen LogP contribution < -0.4 is 20.1 Å². The van der Waals surface area contributed by atoms with Crippen LogP contribution in [-0.4, -0.2) is 82.2 Å². The maximum atomic E-state index is 10.7. The monoisotopic (exact) mass is 422 g/mol. The Bertz CT molecular complexity index is 663. The van der Waals surface area contributed by atoms with Crippen LogP contribution >= 0.6 is 0 Å². The number of morpholine rings is 1. The summed E-state index contributed by atoms with van der Waals surface area (Å²) in [7, 11) is 3.19. The molecule has 1 aliphatic heterocycles. The van der Waals surface area contributed by atoms with Gasteiger partial charge in [0.15, 0.2) is 5.96 Å². The molecule has 0 spiro atoms. The number of aliphatic hydroxyl groups excluding tert-OH is 1. The molecule has 1 fully saturated rings. The fraction of sp³-hybridized carbons (Fsp3) is 0.682. The molecule has 30 heavy (non-hydrogen) atoms. The third kappa shape index (κ3) is 7.04. The van der Waals surface area contributed by atoms with Crippen molar-refractivity contribution in [2.45, 2.75) is 32.9 Å². The zero-order chi connectivity index (χ0) is 21.9. The summed E-state index contributed by atoms with van der Waals surface area (Å²) in [5.74, 6) is 2.48. The van der Waals surface area contributed by atoms with Gasteiger partial charge in [0.2, 0.25) is 0 Å². The Morgan fingerprint density at radius 3 is 2.53 bits per heavy atom. The highest BCUT2D eigenvalue weighted by Crippen LogP contribution is 2.29. The first kappa shape index (κ1) is 24.2. The molecule has 2 unspecified atom stereocenters. The van der Waals surface area contributed by atoms with Crippen LogP contribution in [0.1, 0.15) is 32.4 Å². The molecular weight excluding hydrogens is 384 g/mol. The Kier molecular flexibility index (Phi) is 10.2. The summed E-state index contributed by atoms with van der Waals surface area (Å²) in [6.45, 7) is 11.7. The number of hydrogen-bond acceptors (Lipinski definition) is 6. The third-order valence-corrected chi connectivity index (χ3v) is 5.32. The smallest absolute Gasteiger partial charge is 0.191 e. The average Bonchev–Trinajstić information content (AvgIpc) is 2.77. The van der Waals surface area contributed by atoms with E-state index >= 15 is 0 Å². The van der Waals surface area contributed by atoms with Gasteiger partial charge in [-0.15, -0.1) is 0 Å². The topological polar surface area (TPSA) is 87.6 Å². The van der Waals surface area contributed by atoms with Gasteiger partial charge in [-0.3, -0.25) is 9.89 Å². The third-order valence-electron chi connectivity index (χ3n) is 5.32. The highest BCUT2D eigenvalue weighted by molar-refractivity contribution is 5.79. The molecule has 0 saturated carbocycles. The van der Waals surface area contributed by atoms with Gasteiger partial charge in [0, 0.05) is 37.8 Å². The van der Waals surface area contributed by atoms with Crippen LogP contribution in [0, 0.1) is 5.92 Å². The second-order valence-corrected chi connectivity index (χ2v) is 7.68. The lowest BCUT2D eigenvalue weighted by atomic mass is 10.0. The first-order valence-electron chi connectivity index (χ1n) is 10.7. The molecule has 8 nitrogen and oxygen atoms in total. The predicted octanol–water partition coefficient (Wildman–Crippen LogP) is 1.65. The van der Waals surface area contributed by atoms with E-state index < -0.39 is 6.10 Å². The van der Waals surface area contributed by atoms with Crippen LogP contribution in [0.4, 0.5) is 0 Å². The molecule has 3 N–H and O–H groups in total. The minimum atomic E-state index is -0.765. The number of nitrogens with zero attached hydrogens (tertiary/aromatic N) is 2. The Morgan fingerprint density at radius 2 is 1.93 bits per heavy atom. The lowest BCUT2D eigenvalue weighted by molar-refractivity contribution is 0.00867. The minimum Gasteiger partial charge on any atom is -0.497 e. The summed E-state index contributed by atoms with van der Waals surface area (Å²) in [4.78, 5) is 7.25. The SMILES string of the molecule is CCNC(=NCC(C(C)C)N1CCOCC1)NCC(O)c1cc(OC)ccc1OC. The number of hydrogen-bond donors (Lipinski definition) is 3. The fourth-order valence-corrected chi connectivity index (χ4v) is 3.59. The number of benzene rings is 1. The van der Waals surface area contributed by atoms with Gasteiger partial charge in [-0.05, 0) is 31.0 Å². The number of ether oxygens (including phenoxy) is 3. The molecule has 1 heterocycles.